The first-order valence-electron chi connectivity index (χ1n) is 8.25. The number of hydrogen-bond acceptors (Lipinski definition) is 6. The van der Waals surface area contributed by atoms with Crippen molar-refractivity contribution in [3.8, 4) is 11.5 Å². The van der Waals surface area contributed by atoms with Crippen molar-refractivity contribution in [3.63, 3.8) is 0 Å². The first-order chi connectivity index (χ1) is 12.9. The van der Waals surface area contributed by atoms with Gasteiger partial charge in [0.05, 0.1) is 19.9 Å². The normalized spacial score (nSPS) is 11.4. The molecule has 2 aromatic rings. The molecular weight excluding hydrogens is 372 g/mol. The Bertz CT molecular complexity index is 790. The number of halogens is 1. The van der Waals surface area contributed by atoms with Gasteiger partial charge in [0.25, 0.3) is 5.91 Å². The number of anilines is 1. The number of aryl methyl sites for hydroxylation is 1. The molecule has 144 valence electrons. The van der Waals surface area contributed by atoms with Gasteiger partial charge >= 0.3 is 5.97 Å². The highest BCUT2D eigenvalue weighted by molar-refractivity contribution is 6.32. The molecule has 0 bridgehead atoms. The highest BCUT2D eigenvalue weighted by Crippen LogP contribution is 2.23. The van der Waals surface area contributed by atoms with Crippen LogP contribution in [-0.2, 0) is 20.7 Å². The molecule has 7 nitrogen and oxygen atoms in total. The SMILES string of the molecule is COc1cc(CCC(=O)O[C@H](C)C(=O)Nc2cccnc2Cl)cc(OC)c1. The minimum absolute atomic E-state index is 0.113. The third-order valence-corrected chi connectivity index (χ3v) is 4.02. The van der Waals surface area contributed by atoms with E-state index in [4.69, 9.17) is 25.8 Å². The number of methoxy groups -OCH3 is 2. The number of carbonyl (C=O) groups is 2. The molecule has 1 aromatic heterocycles. The van der Waals surface area contributed by atoms with Crippen LogP contribution in [0.15, 0.2) is 36.5 Å². The lowest BCUT2D eigenvalue weighted by Crippen LogP contribution is -2.30. The maximum Gasteiger partial charge on any atom is 0.306 e. The van der Waals surface area contributed by atoms with E-state index in [-0.39, 0.29) is 11.6 Å². The van der Waals surface area contributed by atoms with Gasteiger partial charge in [-0.25, -0.2) is 4.98 Å². The smallest absolute Gasteiger partial charge is 0.306 e. The van der Waals surface area contributed by atoms with Crippen LogP contribution in [-0.4, -0.2) is 37.2 Å². The molecule has 0 saturated heterocycles. The van der Waals surface area contributed by atoms with Crippen LogP contribution in [0.2, 0.25) is 5.15 Å². The predicted octanol–water partition coefficient (Wildman–Crippen LogP) is 3.26. The van der Waals surface area contributed by atoms with Crippen molar-refractivity contribution in [2.45, 2.75) is 25.9 Å². The van der Waals surface area contributed by atoms with Gasteiger partial charge in [-0.05, 0) is 43.2 Å². The van der Waals surface area contributed by atoms with Gasteiger partial charge in [0.2, 0.25) is 0 Å². The lowest BCUT2D eigenvalue weighted by molar-refractivity contribution is -0.153. The Hall–Kier alpha value is -2.80. The van der Waals surface area contributed by atoms with Crippen molar-refractivity contribution in [2.75, 3.05) is 19.5 Å². The second-order valence-electron chi connectivity index (χ2n) is 5.68. The lowest BCUT2D eigenvalue weighted by Gasteiger charge is -2.14. The van der Waals surface area contributed by atoms with Crippen LogP contribution in [0.3, 0.4) is 0 Å². The number of hydrogen-bond donors (Lipinski definition) is 1. The topological polar surface area (TPSA) is 86.8 Å². The first-order valence-corrected chi connectivity index (χ1v) is 8.63. The maximum atomic E-state index is 12.1. The summed E-state index contributed by atoms with van der Waals surface area (Å²) in [4.78, 5) is 28.1. The Balaban J connectivity index is 1.88. The molecule has 8 heteroatoms. The summed E-state index contributed by atoms with van der Waals surface area (Å²) in [6.07, 6.45) is 1.08. The Kier molecular flexibility index (Phi) is 7.43. The number of ether oxygens (including phenoxy) is 3. The van der Waals surface area contributed by atoms with E-state index in [0.29, 0.717) is 23.6 Å². The minimum Gasteiger partial charge on any atom is -0.497 e. The van der Waals surface area contributed by atoms with E-state index in [9.17, 15) is 9.59 Å². The molecule has 0 unspecified atom stereocenters. The minimum atomic E-state index is -0.964. The highest BCUT2D eigenvalue weighted by Gasteiger charge is 2.19. The molecule has 0 fully saturated rings. The van der Waals surface area contributed by atoms with E-state index < -0.39 is 18.0 Å². The summed E-state index contributed by atoms with van der Waals surface area (Å²) in [5.41, 5.74) is 1.22. The van der Waals surface area contributed by atoms with Crippen LogP contribution in [0.5, 0.6) is 11.5 Å². The van der Waals surface area contributed by atoms with Gasteiger partial charge in [-0.1, -0.05) is 11.6 Å². The zero-order chi connectivity index (χ0) is 19.8. The van der Waals surface area contributed by atoms with Gasteiger partial charge in [-0.15, -0.1) is 0 Å². The third-order valence-electron chi connectivity index (χ3n) is 3.72. The van der Waals surface area contributed by atoms with Crippen LogP contribution in [0.1, 0.15) is 18.9 Å². The summed E-state index contributed by atoms with van der Waals surface area (Å²) in [5, 5.41) is 2.74. The van der Waals surface area contributed by atoms with Crippen molar-refractivity contribution in [1.29, 1.82) is 0 Å². The van der Waals surface area contributed by atoms with Crippen LogP contribution < -0.4 is 14.8 Å². The van der Waals surface area contributed by atoms with E-state index in [0.717, 1.165) is 5.56 Å². The summed E-state index contributed by atoms with van der Waals surface area (Å²) < 4.78 is 15.6. The second-order valence-corrected chi connectivity index (χ2v) is 6.04. The Labute approximate surface area is 162 Å². The number of nitrogens with zero attached hydrogens (tertiary/aromatic N) is 1. The largest absolute Gasteiger partial charge is 0.497 e. The van der Waals surface area contributed by atoms with E-state index in [2.05, 4.69) is 10.3 Å². The molecule has 1 aromatic carbocycles. The number of carbonyl (C=O) groups excluding carboxylic acids is 2. The first kappa shape index (κ1) is 20.5. The number of aromatic nitrogens is 1. The molecule has 1 heterocycles. The summed E-state index contributed by atoms with van der Waals surface area (Å²) in [5.74, 6) is 0.302. The third kappa shape index (κ3) is 6.14. The maximum absolute atomic E-state index is 12.1. The Morgan fingerprint density at radius 1 is 1.19 bits per heavy atom. The van der Waals surface area contributed by atoms with Gasteiger partial charge < -0.3 is 19.5 Å². The quantitative estimate of drug-likeness (QED) is 0.548. The van der Waals surface area contributed by atoms with E-state index >= 15 is 0 Å². The molecule has 27 heavy (non-hydrogen) atoms. The fourth-order valence-electron chi connectivity index (χ4n) is 2.28. The number of esters is 1. The number of amides is 1. The summed E-state index contributed by atoms with van der Waals surface area (Å²) in [7, 11) is 3.11. The molecule has 1 atom stereocenters. The average molecular weight is 393 g/mol. The van der Waals surface area contributed by atoms with Crippen molar-refractivity contribution >= 4 is 29.2 Å². The zero-order valence-electron chi connectivity index (χ0n) is 15.3. The van der Waals surface area contributed by atoms with Gasteiger partial charge in [0, 0.05) is 18.7 Å². The van der Waals surface area contributed by atoms with E-state index in [1.165, 1.54) is 13.1 Å². The number of nitrogens with one attached hydrogen (secondary N) is 1. The molecule has 0 aliphatic rings. The molecule has 2 rings (SSSR count). The zero-order valence-corrected chi connectivity index (χ0v) is 16.1. The summed E-state index contributed by atoms with van der Waals surface area (Å²) in [6.45, 7) is 1.49. The van der Waals surface area contributed by atoms with Crippen molar-refractivity contribution in [1.82, 2.24) is 4.98 Å². The number of rotatable bonds is 8. The van der Waals surface area contributed by atoms with E-state index in [1.54, 1.807) is 32.4 Å². The molecular formula is C19H21ClN2O5. The molecule has 0 aliphatic heterocycles. The fraction of sp³-hybridized carbons (Fsp3) is 0.316. The number of benzene rings is 1. The van der Waals surface area contributed by atoms with Crippen LogP contribution in [0.25, 0.3) is 0 Å². The predicted molar refractivity (Wildman–Crippen MR) is 101 cm³/mol. The molecule has 0 radical (unpaired) electrons. The molecule has 1 amide bonds. The van der Waals surface area contributed by atoms with Crippen LogP contribution >= 0.6 is 11.6 Å². The van der Waals surface area contributed by atoms with Crippen molar-refractivity contribution in [3.05, 3.63) is 47.2 Å². The Morgan fingerprint density at radius 3 is 2.44 bits per heavy atom. The van der Waals surface area contributed by atoms with Gasteiger partial charge in [-0.2, -0.15) is 0 Å². The summed E-state index contributed by atoms with van der Waals surface area (Å²) >= 11 is 5.89. The van der Waals surface area contributed by atoms with Crippen molar-refractivity contribution in [2.24, 2.45) is 0 Å². The monoisotopic (exact) mass is 392 g/mol. The molecule has 0 saturated carbocycles. The number of pyridine rings is 1. The van der Waals surface area contributed by atoms with Gasteiger partial charge in [0.1, 0.15) is 11.5 Å². The Morgan fingerprint density at radius 2 is 1.85 bits per heavy atom. The van der Waals surface area contributed by atoms with Gasteiger partial charge in [-0.3, -0.25) is 9.59 Å². The van der Waals surface area contributed by atoms with Crippen LogP contribution in [0, 0.1) is 0 Å². The molecule has 0 aliphatic carbocycles. The van der Waals surface area contributed by atoms with Crippen LogP contribution in [0.4, 0.5) is 5.69 Å². The lowest BCUT2D eigenvalue weighted by atomic mass is 10.1. The summed E-state index contributed by atoms with van der Waals surface area (Å²) in [6, 6.07) is 8.63. The molecule has 1 N–H and O–H groups in total. The fourth-order valence-corrected chi connectivity index (χ4v) is 2.45. The highest BCUT2D eigenvalue weighted by atomic mass is 35.5. The second kappa shape index (κ2) is 9.78. The van der Waals surface area contributed by atoms with Crippen molar-refractivity contribution < 1.29 is 23.8 Å². The van der Waals surface area contributed by atoms with E-state index in [1.807, 2.05) is 12.1 Å². The standard InChI is InChI=1S/C19H21ClN2O5/c1-12(19(24)22-16-5-4-8-21-18(16)20)27-17(23)7-6-13-9-14(25-2)11-15(10-13)26-3/h4-5,8-12H,6-7H2,1-3H3,(H,22,24)/t12-/m1/s1. The van der Waals surface area contributed by atoms with Gasteiger partial charge in [0.15, 0.2) is 11.3 Å². The average Bonchev–Trinajstić information content (AvgIpc) is 2.67. The molecule has 0 spiro atoms.